The van der Waals surface area contributed by atoms with Crippen molar-refractivity contribution < 1.29 is 48.9 Å². The molecule has 12 N–H and O–H groups in total. The van der Waals surface area contributed by atoms with Crippen LogP contribution in [0, 0.1) is 5.92 Å². The van der Waals surface area contributed by atoms with E-state index in [0.717, 1.165) is 10.9 Å². The number of aromatic nitrogens is 2. The van der Waals surface area contributed by atoms with Crippen LogP contribution in [0.4, 0.5) is 0 Å². The number of H-pyrrole nitrogens is 2. The number of fused-ring (bicyclic) bond motifs is 2. The Morgan fingerprint density at radius 2 is 1.02 bits per heavy atom. The number of hydrogen-bond acceptors (Lipinski definition) is 9. The SMILES string of the molecule is CC(C)C[C@H](NC(=O)[C@H](Cc1c[nH]c2ccccc12)NC(=O)[C@H](CO)NC(=O)[C@H](Cc1c[nH]c2ccccc12)NC(=O)[C@H](CC(=O)O)NC(=O)[C@H](C)N)C(=O)O. The minimum atomic E-state index is -1.68. The van der Waals surface area contributed by atoms with Crippen molar-refractivity contribution in [3.8, 4) is 0 Å². The second kappa shape index (κ2) is 19.4. The van der Waals surface area contributed by atoms with Gasteiger partial charge in [-0.1, -0.05) is 50.2 Å². The first-order chi connectivity index (χ1) is 26.6. The molecule has 0 spiro atoms. The van der Waals surface area contributed by atoms with Crippen molar-refractivity contribution in [3.63, 3.8) is 0 Å². The van der Waals surface area contributed by atoms with Gasteiger partial charge in [0, 0.05) is 47.0 Å². The highest BCUT2D eigenvalue weighted by Crippen LogP contribution is 2.21. The number of aliphatic hydroxyl groups is 1. The molecule has 56 heavy (non-hydrogen) atoms. The van der Waals surface area contributed by atoms with E-state index in [1.54, 1.807) is 62.6 Å². The van der Waals surface area contributed by atoms with Crippen molar-refractivity contribution in [2.24, 2.45) is 11.7 Å². The van der Waals surface area contributed by atoms with Crippen LogP contribution in [0.15, 0.2) is 60.9 Å². The molecule has 2 heterocycles. The molecule has 0 bridgehead atoms. The molecule has 0 saturated heterocycles. The first kappa shape index (κ1) is 42.5. The zero-order chi connectivity index (χ0) is 41.1. The van der Waals surface area contributed by atoms with Gasteiger partial charge in [-0.15, -0.1) is 0 Å². The van der Waals surface area contributed by atoms with Crippen LogP contribution in [0.25, 0.3) is 21.8 Å². The monoisotopic (exact) mass is 776 g/mol. The normalized spacial score (nSPS) is 14.5. The number of carboxylic acid groups (broad SMARTS) is 2. The van der Waals surface area contributed by atoms with E-state index >= 15 is 0 Å². The molecule has 18 heteroatoms. The van der Waals surface area contributed by atoms with E-state index in [4.69, 9.17) is 5.73 Å². The van der Waals surface area contributed by atoms with Gasteiger partial charge in [-0.05, 0) is 42.5 Å². The fourth-order valence-electron chi connectivity index (χ4n) is 6.12. The number of rotatable bonds is 20. The van der Waals surface area contributed by atoms with Crippen molar-refractivity contribution >= 4 is 63.3 Å². The second-order valence-corrected chi connectivity index (χ2v) is 14.0. The Kier molecular flexibility index (Phi) is 14.7. The predicted octanol–water partition coefficient (Wildman–Crippen LogP) is -0.197. The summed E-state index contributed by atoms with van der Waals surface area (Å²) in [6.07, 6.45) is 2.25. The number of aliphatic carboxylic acids is 2. The van der Waals surface area contributed by atoms with E-state index in [2.05, 4.69) is 36.6 Å². The number of nitrogens with two attached hydrogens (primary N) is 1. The largest absolute Gasteiger partial charge is 0.481 e. The topological polar surface area (TPSA) is 298 Å². The van der Waals surface area contributed by atoms with Crippen molar-refractivity contribution in [1.82, 2.24) is 36.6 Å². The third-order valence-corrected chi connectivity index (χ3v) is 9.03. The Bertz CT molecular complexity index is 2060. The van der Waals surface area contributed by atoms with Gasteiger partial charge in [-0.25, -0.2) is 4.79 Å². The number of amides is 5. The Balaban J connectivity index is 1.60. The average Bonchev–Trinajstić information content (AvgIpc) is 3.75. The molecule has 5 amide bonds. The minimum absolute atomic E-state index is 0.0929. The molecule has 0 aliphatic rings. The number of aliphatic hydroxyl groups excluding tert-OH is 1. The molecule has 4 aromatic rings. The van der Waals surface area contributed by atoms with E-state index < -0.39 is 90.8 Å². The van der Waals surface area contributed by atoms with E-state index in [9.17, 15) is 48.9 Å². The van der Waals surface area contributed by atoms with Gasteiger partial charge in [0.05, 0.1) is 19.1 Å². The van der Waals surface area contributed by atoms with Crippen molar-refractivity contribution in [2.45, 2.75) is 82.7 Å². The van der Waals surface area contributed by atoms with Crippen LogP contribution in [0.3, 0.4) is 0 Å². The van der Waals surface area contributed by atoms with Gasteiger partial charge in [0.15, 0.2) is 0 Å². The van der Waals surface area contributed by atoms with Crippen LogP contribution < -0.4 is 32.3 Å². The maximum atomic E-state index is 13.9. The molecule has 300 valence electrons. The molecule has 2 aromatic heterocycles. The van der Waals surface area contributed by atoms with Crippen molar-refractivity contribution in [3.05, 3.63) is 72.1 Å². The summed E-state index contributed by atoms with van der Waals surface area (Å²) >= 11 is 0. The zero-order valence-electron chi connectivity index (χ0n) is 31.1. The zero-order valence-corrected chi connectivity index (χ0v) is 31.1. The Hall–Kier alpha value is -6.27. The molecule has 6 atom stereocenters. The number of carbonyl (C=O) groups is 7. The molecule has 0 aliphatic heterocycles. The minimum Gasteiger partial charge on any atom is -0.481 e. The van der Waals surface area contributed by atoms with Crippen LogP contribution in [0.2, 0.25) is 0 Å². The molecule has 0 radical (unpaired) electrons. The van der Waals surface area contributed by atoms with Gasteiger partial charge < -0.3 is 57.6 Å². The fraction of sp³-hybridized carbons (Fsp3) is 0.395. The Morgan fingerprint density at radius 1 is 0.607 bits per heavy atom. The molecule has 2 aromatic carbocycles. The highest BCUT2D eigenvalue weighted by molar-refractivity contribution is 5.98. The summed E-state index contributed by atoms with van der Waals surface area (Å²) < 4.78 is 0. The molecule has 0 aliphatic carbocycles. The van der Waals surface area contributed by atoms with Gasteiger partial charge >= 0.3 is 11.9 Å². The number of carboxylic acids is 2. The number of nitrogens with one attached hydrogen (secondary N) is 7. The van der Waals surface area contributed by atoms with Gasteiger partial charge in [-0.3, -0.25) is 28.8 Å². The molecule has 0 unspecified atom stereocenters. The third-order valence-electron chi connectivity index (χ3n) is 9.03. The standard InChI is InChI=1S/C38H48N8O10/c1-19(2)12-30(38(55)56)45-34(51)27(13-21-16-40-25-10-6-4-8-23(21)25)44-37(54)31(18-47)46-35(52)28(14-22-17-41-26-11-7-5-9-24(22)26)43-36(53)29(15-32(48)49)42-33(50)20(3)39/h4-11,16-17,19-20,27-31,40-41,47H,12-15,18,39H2,1-3H3,(H,42,50)(H,43,53)(H,44,54)(H,45,51)(H,46,52)(H,48,49)(H,55,56)/t20-,27-,28-,29-,30-,31-/m0/s1. The maximum absolute atomic E-state index is 13.9. The lowest BCUT2D eigenvalue weighted by molar-refractivity contribution is -0.143. The third kappa shape index (κ3) is 11.4. The fourth-order valence-corrected chi connectivity index (χ4v) is 6.12. The number of para-hydroxylation sites is 2. The molecular weight excluding hydrogens is 728 g/mol. The molecular formula is C38H48N8O10. The summed E-state index contributed by atoms with van der Waals surface area (Å²) in [6, 6.07) is 5.81. The van der Waals surface area contributed by atoms with E-state index in [1.807, 2.05) is 12.1 Å². The lowest BCUT2D eigenvalue weighted by atomic mass is 10.0. The summed E-state index contributed by atoms with van der Waals surface area (Å²) in [7, 11) is 0. The van der Waals surface area contributed by atoms with Crippen LogP contribution >= 0.6 is 0 Å². The first-order valence-corrected chi connectivity index (χ1v) is 18.0. The first-order valence-electron chi connectivity index (χ1n) is 18.0. The van der Waals surface area contributed by atoms with E-state index in [1.165, 1.54) is 6.92 Å². The summed E-state index contributed by atoms with van der Waals surface area (Å²) in [4.78, 5) is 96.9. The molecule has 4 rings (SSSR count). The van der Waals surface area contributed by atoms with Gasteiger partial charge in [0.2, 0.25) is 29.5 Å². The summed E-state index contributed by atoms with van der Waals surface area (Å²) in [6.45, 7) is 3.96. The van der Waals surface area contributed by atoms with Crippen LogP contribution in [-0.2, 0) is 46.4 Å². The summed E-state index contributed by atoms with van der Waals surface area (Å²) in [5, 5.41) is 43.2. The highest BCUT2D eigenvalue weighted by atomic mass is 16.4. The van der Waals surface area contributed by atoms with E-state index in [-0.39, 0.29) is 25.2 Å². The van der Waals surface area contributed by atoms with Crippen LogP contribution in [-0.4, -0.2) is 110 Å². The number of benzene rings is 2. The maximum Gasteiger partial charge on any atom is 0.326 e. The lowest BCUT2D eigenvalue weighted by Gasteiger charge is -2.26. The van der Waals surface area contributed by atoms with Crippen molar-refractivity contribution in [1.29, 1.82) is 0 Å². The number of aromatic amines is 2. The molecule has 0 fully saturated rings. The van der Waals surface area contributed by atoms with Gasteiger partial charge in [0.25, 0.3) is 0 Å². The average molecular weight is 777 g/mol. The van der Waals surface area contributed by atoms with Gasteiger partial charge in [0.1, 0.15) is 30.2 Å². The molecule has 0 saturated carbocycles. The lowest BCUT2D eigenvalue weighted by Crippen LogP contribution is -2.60. The highest BCUT2D eigenvalue weighted by Gasteiger charge is 2.34. The number of carbonyl (C=O) groups excluding carboxylic acids is 5. The quantitative estimate of drug-likeness (QED) is 0.0559. The Morgan fingerprint density at radius 3 is 1.45 bits per heavy atom. The van der Waals surface area contributed by atoms with Crippen LogP contribution in [0.1, 0.15) is 44.7 Å². The number of hydrogen-bond donors (Lipinski definition) is 11. The Labute approximate surface area is 321 Å². The smallest absolute Gasteiger partial charge is 0.326 e. The van der Waals surface area contributed by atoms with Gasteiger partial charge in [-0.2, -0.15) is 0 Å². The van der Waals surface area contributed by atoms with Crippen LogP contribution in [0.5, 0.6) is 0 Å². The molecule has 18 nitrogen and oxygen atoms in total. The second-order valence-electron chi connectivity index (χ2n) is 14.0. The van der Waals surface area contributed by atoms with E-state index in [0.29, 0.717) is 22.0 Å². The van der Waals surface area contributed by atoms with Crippen molar-refractivity contribution in [2.75, 3.05) is 6.61 Å². The summed E-state index contributed by atoms with van der Waals surface area (Å²) in [5.41, 5.74) is 8.25. The predicted molar refractivity (Wildman–Crippen MR) is 204 cm³/mol. The summed E-state index contributed by atoms with van der Waals surface area (Å²) in [5.74, 6) is -7.41.